The third-order valence-corrected chi connectivity index (χ3v) is 3.94. The molecule has 2 bridgehead atoms. The highest BCUT2D eigenvalue weighted by atomic mass is 35.5. The van der Waals surface area contributed by atoms with E-state index in [0.29, 0.717) is 18.1 Å². The van der Waals surface area contributed by atoms with E-state index in [4.69, 9.17) is 0 Å². The van der Waals surface area contributed by atoms with E-state index in [0.717, 1.165) is 12.8 Å². The van der Waals surface area contributed by atoms with Crippen molar-refractivity contribution in [1.29, 1.82) is 0 Å². The first-order valence-corrected chi connectivity index (χ1v) is 6.56. The summed E-state index contributed by atoms with van der Waals surface area (Å²) in [5.41, 5.74) is 0. The molecule has 2 unspecified atom stereocenters. The Hall–Kier alpha value is -0.850. The summed E-state index contributed by atoms with van der Waals surface area (Å²) in [6.07, 6.45) is 4.69. The molecule has 6 nitrogen and oxygen atoms in total. The van der Waals surface area contributed by atoms with Crippen LogP contribution in [0.25, 0.3) is 0 Å². The van der Waals surface area contributed by atoms with Gasteiger partial charge in [0.15, 0.2) is 0 Å². The van der Waals surface area contributed by atoms with Crippen LogP contribution in [0.2, 0.25) is 0 Å². The fraction of sp³-hybridized carbons (Fsp3) is 0.833. The number of rotatable bonds is 3. The van der Waals surface area contributed by atoms with Crippen LogP contribution in [-0.4, -0.2) is 55.6 Å². The van der Waals surface area contributed by atoms with E-state index in [9.17, 15) is 9.59 Å². The zero-order valence-corrected chi connectivity index (χ0v) is 12.3. The van der Waals surface area contributed by atoms with Crippen LogP contribution >= 0.6 is 12.4 Å². The Bertz CT molecular complexity index is 328. The van der Waals surface area contributed by atoms with E-state index in [1.165, 1.54) is 19.9 Å². The Labute approximate surface area is 120 Å². The predicted molar refractivity (Wildman–Crippen MR) is 75.4 cm³/mol. The zero-order valence-electron chi connectivity index (χ0n) is 11.4. The Balaban J connectivity index is 0.00000180. The molecular weight excluding hydrogens is 268 g/mol. The predicted octanol–water partition coefficient (Wildman–Crippen LogP) is 0.0786. The average Bonchev–Trinajstić information content (AvgIpc) is 2.67. The highest BCUT2D eigenvalue weighted by Crippen LogP contribution is 2.28. The standard InChI is InChI=1S/C12H22N4O2.ClH/c1-13-12(18)15-11(17)7-16(2)10-5-8-3-4-9(6-10)14-8;/h8-10,14H,3-7H2,1-2H3,(H2,13,15,17,18);1H. The number of carbonyl (C=O) groups excluding carboxylic acids is 2. The minimum atomic E-state index is -0.446. The molecule has 0 aromatic rings. The number of urea groups is 1. The van der Waals surface area contributed by atoms with E-state index in [-0.39, 0.29) is 24.9 Å². The van der Waals surface area contributed by atoms with Crippen molar-refractivity contribution in [1.82, 2.24) is 20.9 Å². The lowest BCUT2D eigenvalue weighted by molar-refractivity contribution is -0.121. The van der Waals surface area contributed by atoms with Crippen molar-refractivity contribution in [3.05, 3.63) is 0 Å². The van der Waals surface area contributed by atoms with E-state index in [1.807, 2.05) is 7.05 Å². The van der Waals surface area contributed by atoms with Crippen LogP contribution in [0.5, 0.6) is 0 Å². The van der Waals surface area contributed by atoms with Crippen LogP contribution in [0.3, 0.4) is 0 Å². The van der Waals surface area contributed by atoms with Gasteiger partial charge in [-0.05, 0) is 32.7 Å². The van der Waals surface area contributed by atoms with Crippen molar-refractivity contribution in [3.8, 4) is 0 Å². The van der Waals surface area contributed by atoms with Gasteiger partial charge < -0.3 is 10.6 Å². The van der Waals surface area contributed by atoms with E-state index >= 15 is 0 Å². The van der Waals surface area contributed by atoms with Gasteiger partial charge in [-0.1, -0.05) is 0 Å². The van der Waals surface area contributed by atoms with Crippen LogP contribution in [0.1, 0.15) is 25.7 Å². The molecule has 3 N–H and O–H groups in total. The lowest BCUT2D eigenvalue weighted by Crippen LogP contribution is -2.50. The van der Waals surface area contributed by atoms with E-state index < -0.39 is 6.03 Å². The van der Waals surface area contributed by atoms with Crippen molar-refractivity contribution in [2.45, 2.75) is 43.8 Å². The van der Waals surface area contributed by atoms with Gasteiger partial charge in [-0.2, -0.15) is 0 Å². The van der Waals surface area contributed by atoms with Gasteiger partial charge in [-0.25, -0.2) is 4.79 Å². The van der Waals surface area contributed by atoms with Gasteiger partial charge in [0.2, 0.25) is 5.91 Å². The van der Waals surface area contributed by atoms with Gasteiger partial charge in [0, 0.05) is 25.2 Å². The van der Waals surface area contributed by atoms with Gasteiger partial charge in [0.25, 0.3) is 0 Å². The average molecular weight is 291 g/mol. The lowest BCUT2D eigenvalue weighted by Gasteiger charge is -2.35. The third-order valence-electron chi connectivity index (χ3n) is 3.94. The van der Waals surface area contributed by atoms with E-state index in [1.54, 1.807) is 0 Å². The maximum atomic E-state index is 11.6. The smallest absolute Gasteiger partial charge is 0.321 e. The molecule has 2 aliphatic rings. The molecule has 0 aromatic heterocycles. The summed E-state index contributed by atoms with van der Waals surface area (Å²) in [6.45, 7) is 0.275. The summed E-state index contributed by atoms with van der Waals surface area (Å²) in [5.74, 6) is -0.247. The maximum Gasteiger partial charge on any atom is 0.321 e. The number of amides is 3. The quantitative estimate of drug-likeness (QED) is 0.688. The second kappa shape index (κ2) is 7.07. The molecule has 7 heteroatoms. The molecule has 0 spiro atoms. The molecule has 0 aliphatic carbocycles. The molecule has 2 fully saturated rings. The molecule has 2 aliphatic heterocycles. The van der Waals surface area contributed by atoms with Gasteiger partial charge in [0.05, 0.1) is 6.54 Å². The largest absolute Gasteiger partial charge is 0.341 e. The van der Waals surface area contributed by atoms with Gasteiger partial charge in [0.1, 0.15) is 0 Å². The number of nitrogens with zero attached hydrogens (tertiary/aromatic N) is 1. The number of hydrogen-bond acceptors (Lipinski definition) is 4. The fourth-order valence-corrected chi connectivity index (χ4v) is 2.97. The number of hydrogen-bond donors (Lipinski definition) is 3. The van der Waals surface area contributed by atoms with Crippen molar-refractivity contribution < 1.29 is 9.59 Å². The van der Waals surface area contributed by atoms with E-state index in [2.05, 4.69) is 20.9 Å². The van der Waals surface area contributed by atoms with Crippen LogP contribution in [0, 0.1) is 0 Å². The van der Waals surface area contributed by atoms with Crippen molar-refractivity contribution in [2.75, 3.05) is 20.6 Å². The molecule has 2 heterocycles. The fourth-order valence-electron chi connectivity index (χ4n) is 2.97. The van der Waals surface area contributed by atoms with Gasteiger partial charge >= 0.3 is 6.03 Å². The Kier molecular flexibility index (Phi) is 6.03. The molecule has 110 valence electrons. The first kappa shape index (κ1) is 16.2. The minimum Gasteiger partial charge on any atom is -0.341 e. The zero-order chi connectivity index (χ0) is 13.1. The highest BCUT2D eigenvalue weighted by molar-refractivity contribution is 5.95. The normalized spacial score (nSPS) is 28.7. The molecule has 0 radical (unpaired) electrons. The number of nitrogens with one attached hydrogen (secondary N) is 3. The van der Waals surface area contributed by atoms with Crippen LogP contribution < -0.4 is 16.0 Å². The molecule has 0 saturated carbocycles. The van der Waals surface area contributed by atoms with Crippen LogP contribution in [-0.2, 0) is 4.79 Å². The lowest BCUT2D eigenvalue weighted by atomic mass is 9.98. The minimum absolute atomic E-state index is 0. The number of fused-ring (bicyclic) bond motifs is 2. The molecule has 3 amide bonds. The number of likely N-dealkylation sites (N-methyl/N-ethyl adjacent to an activating group) is 1. The number of imide groups is 1. The summed E-state index contributed by atoms with van der Waals surface area (Å²) < 4.78 is 0. The summed E-state index contributed by atoms with van der Waals surface area (Å²) in [7, 11) is 3.45. The maximum absolute atomic E-state index is 11.6. The molecule has 2 saturated heterocycles. The number of halogens is 1. The Morgan fingerprint density at radius 2 is 1.84 bits per heavy atom. The SMILES string of the molecule is CNC(=O)NC(=O)CN(C)C1CC2CCC(C1)N2.Cl. The summed E-state index contributed by atoms with van der Waals surface area (Å²) in [5, 5.41) is 8.24. The van der Waals surface area contributed by atoms with Crippen LogP contribution in [0.15, 0.2) is 0 Å². The summed E-state index contributed by atoms with van der Waals surface area (Å²) in [6, 6.07) is 1.22. The second-order valence-electron chi connectivity index (χ2n) is 5.31. The van der Waals surface area contributed by atoms with Gasteiger partial charge in [-0.3, -0.25) is 15.0 Å². The first-order chi connectivity index (χ1) is 8.58. The topological polar surface area (TPSA) is 73.5 Å². The third kappa shape index (κ3) is 4.33. The first-order valence-electron chi connectivity index (χ1n) is 6.56. The van der Waals surface area contributed by atoms with Gasteiger partial charge in [-0.15, -0.1) is 12.4 Å². The number of piperidine rings is 1. The second-order valence-corrected chi connectivity index (χ2v) is 5.31. The molecule has 2 atom stereocenters. The van der Waals surface area contributed by atoms with Crippen molar-refractivity contribution in [3.63, 3.8) is 0 Å². The number of carbonyl (C=O) groups is 2. The molecule has 19 heavy (non-hydrogen) atoms. The van der Waals surface area contributed by atoms with Crippen LogP contribution in [0.4, 0.5) is 4.79 Å². The monoisotopic (exact) mass is 290 g/mol. The molecule has 2 rings (SSSR count). The van der Waals surface area contributed by atoms with Crippen molar-refractivity contribution >= 4 is 24.3 Å². The van der Waals surface area contributed by atoms with Crippen molar-refractivity contribution in [2.24, 2.45) is 0 Å². The molecular formula is C12H23ClN4O2. The highest BCUT2D eigenvalue weighted by Gasteiger charge is 2.35. The Morgan fingerprint density at radius 1 is 1.26 bits per heavy atom. The Morgan fingerprint density at radius 3 is 2.37 bits per heavy atom. The summed E-state index contributed by atoms with van der Waals surface area (Å²) >= 11 is 0. The summed E-state index contributed by atoms with van der Waals surface area (Å²) in [4.78, 5) is 24.7. The molecule has 0 aromatic carbocycles.